The number of aryl methyl sites for hydroxylation is 1. The van der Waals surface area contributed by atoms with Crippen LogP contribution in [-0.2, 0) is 21.2 Å². The molecule has 0 radical (unpaired) electrons. The smallest absolute Gasteiger partial charge is 0.272 e. The van der Waals surface area contributed by atoms with Crippen LogP contribution in [0, 0.1) is 0 Å². The Bertz CT molecular complexity index is 950. The number of hydrogen-bond acceptors (Lipinski definition) is 4. The first-order valence-electron chi connectivity index (χ1n) is 8.27. The molecule has 1 aliphatic rings. The van der Waals surface area contributed by atoms with E-state index in [1.165, 1.54) is 4.90 Å². The summed E-state index contributed by atoms with van der Waals surface area (Å²) in [6.45, 7) is 5.53. The molecule has 26 heavy (non-hydrogen) atoms. The molecule has 0 saturated carbocycles. The molecule has 136 valence electrons. The highest BCUT2D eigenvalue weighted by atomic mass is 32.2. The number of benzene rings is 2. The summed E-state index contributed by atoms with van der Waals surface area (Å²) < 4.78 is 28.7. The van der Waals surface area contributed by atoms with E-state index < -0.39 is 14.8 Å². The maximum atomic E-state index is 12.8. The molecule has 1 fully saturated rings. The van der Waals surface area contributed by atoms with Crippen molar-refractivity contribution in [1.82, 2.24) is 0 Å². The number of carbonyl (C=O) groups excluding carboxylic acids is 1. The summed E-state index contributed by atoms with van der Waals surface area (Å²) in [5.74, 6) is -0.191. The van der Waals surface area contributed by atoms with Gasteiger partial charge in [-0.2, -0.15) is 8.42 Å². The summed E-state index contributed by atoms with van der Waals surface area (Å²) in [6, 6.07) is 15.6. The molecule has 0 atom stereocenters. The summed E-state index contributed by atoms with van der Waals surface area (Å²) >= 11 is 1.16. The Morgan fingerprint density at radius 2 is 1.65 bits per heavy atom. The quantitative estimate of drug-likeness (QED) is 0.798. The third kappa shape index (κ3) is 3.54. The van der Waals surface area contributed by atoms with E-state index in [0.717, 1.165) is 23.7 Å². The average Bonchev–Trinajstić information content (AvgIpc) is 2.83. The lowest BCUT2D eigenvalue weighted by molar-refractivity contribution is -0.118. The summed E-state index contributed by atoms with van der Waals surface area (Å²) in [5, 5.41) is 0.172. The fraction of sp³-hybridized carbons (Fsp3) is 0.263. The van der Waals surface area contributed by atoms with Crippen LogP contribution >= 0.6 is 11.8 Å². The largest absolute Gasteiger partial charge is 0.284 e. The molecule has 1 heterocycles. The van der Waals surface area contributed by atoms with Crippen LogP contribution in [0.2, 0.25) is 0 Å². The molecule has 0 unspecified atom stereocenters. The van der Waals surface area contributed by atoms with E-state index in [9.17, 15) is 13.2 Å². The number of amidine groups is 1. The monoisotopic (exact) mass is 388 g/mol. The van der Waals surface area contributed by atoms with Gasteiger partial charge in [-0.25, -0.2) is 0 Å². The van der Waals surface area contributed by atoms with E-state index in [2.05, 4.69) is 4.40 Å². The van der Waals surface area contributed by atoms with Gasteiger partial charge in [0.1, 0.15) is 0 Å². The van der Waals surface area contributed by atoms with Crippen LogP contribution in [0.4, 0.5) is 5.69 Å². The lowest BCUT2D eigenvalue weighted by Crippen LogP contribution is -2.36. The topological polar surface area (TPSA) is 66.8 Å². The number of nitrogens with zero attached hydrogens (tertiary/aromatic N) is 2. The Morgan fingerprint density at radius 3 is 2.23 bits per heavy atom. The lowest BCUT2D eigenvalue weighted by atomic mass is 10.1. The standard InChI is InChI=1S/C19H20N2O3S2/c1-4-14-10-12-16(13-11-14)26(23,24)20-18-21(15-8-6-5-7-9-15)17(22)19(2,3)25-18/h5-13H,4H2,1-3H3. The Balaban J connectivity index is 2.05. The normalized spacial score (nSPS) is 18.5. The predicted molar refractivity (Wildman–Crippen MR) is 106 cm³/mol. The highest BCUT2D eigenvalue weighted by Crippen LogP contribution is 2.40. The van der Waals surface area contributed by atoms with E-state index >= 15 is 0 Å². The molecule has 0 bridgehead atoms. The van der Waals surface area contributed by atoms with Crippen molar-refractivity contribution in [2.75, 3.05) is 4.90 Å². The maximum Gasteiger partial charge on any atom is 0.284 e. The van der Waals surface area contributed by atoms with Crippen LogP contribution in [0.5, 0.6) is 0 Å². The fourth-order valence-electron chi connectivity index (χ4n) is 2.59. The molecule has 2 aromatic carbocycles. The molecular formula is C19H20N2O3S2. The first-order chi connectivity index (χ1) is 12.2. The second-order valence-electron chi connectivity index (χ2n) is 6.43. The average molecular weight is 389 g/mol. The summed E-state index contributed by atoms with van der Waals surface area (Å²) in [6.07, 6.45) is 0.829. The minimum absolute atomic E-state index is 0.118. The number of carbonyl (C=O) groups is 1. The van der Waals surface area contributed by atoms with Crippen molar-refractivity contribution in [2.45, 2.75) is 36.8 Å². The van der Waals surface area contributed by atoms with Crippen LogP contribution in [0.25, 0.3) is 0 Å². The van der Waals surface area contributed by atoms with Gasteiger partial charge in [-0.1, -0.05) is 49.0 Å². The van der Waals surface area contributed by atoms with Gasteiger partial charge in [-0.15, -0.1) is 4.40 Å². The highest BCUT2D eigenvalue weighted by Gasteiger charge is 2.46. The minimum atomic E-state index is -3.91. The molecule has 0 N–H and O–H groups in total. The summed E-state index contributed by atoms with van der Waals surface area (Å²) in [7, 11) is -3.91. The van der Waals surface area contributed by atoms with Crippen molar-refractivity contribution in [3.05, 3.63) is 60.2 Å². The van der Waals surface area contributed by atoms with Gasteiger partial charge < -0.3 is 0 Å². The number of sulfonamides is 1. The second-order valence-corrected chi connectivity index (χ2v) is 9.63. The second kappa shape index (κ2) is 6.89. The molecule has 1 amide bonds. The van der Waals surface area contributed by atoms with Gasteiger partial charge in [-0.3, -0.25) is 9.69 Å². The molecule has 5 nitrogen and oxygen atoms in total. The fourth-order valence-corrected chi connectivity index (χ4v) is 4.82. The van der Waals surface area contributed by atoms with Crippen molar-refractivity contribution >= 4 is 38.5 Å². The van der Waals surface area contributed by atoms with Crippen molar-refractivity contribution in [2.24, 2.45) is 4.40 Å². The highest BCUT2D eigenvalue weighted by molar-refractivity contribution is 8.17. The predicted octanol–water partition coefficient (Wildman–Crippen LogP) is 3.85. The van der Waals surface area contributed by atoms with Gasteiger partial charge in [0.15, 0.2) is 5.17 Å². The lowest BCUT2D eigenvalue weighted by Gasteiger charge is -2.17. The number of amides is 1. The van der Waals surface area contributed by atoms with Crippen molar-refractivity contribution in [3.8, 4) is 0 Å². The van der Waals surface area contributed by atoms with Crippen LogP contribution in [0.15, 0.2) is 63.9 Å². The molecular weight excluding hydrogens is 368 g/mol. The molecule has 1 saturated heterocycles. The maximum absolute atomic E-state index is 12.8. The Morgan fingerprint density at radius 1 is 1.04 bits per heavy atom. The summed E-state index contributed by atoms with van der Waals surface area (Å²) in [4.78, 5) is 14.3. The van der Waals surface area contributed by atoms with Gasteiger partial charge in [0.2, 0.25) is 5.91 Å². The van der Waals surface area contributed by atoms with Gasteiger partial charge in [0.25, 0.3) is 10.0 Å². The first-order valence-corrected chi connectivity index (χ1v) is 10.5. The van der Waals surface area contributed by atoms with Crippen LogP contribution < -0.4 is 4.90 Å². The van der Waals surface area contributed by atoms with Gasteiger partial charge in [-0.05, 0) is 50.1 Å². The molecule has 0 aliphatic carbocycles. The van der Waals surface area contributed by atoms with Crippen LogP contribution in [-0.4, -0.2) is 24.2 Å². The molecule has 2 aromatic rings. The first kappa shape index (κ1) is 18.7. The summed E-state index contributed by atoms with van der Waals surface area (Å²) in [5.41, 5.74) is 1.65. The van der Waals surface area contributed by atoms with Crippen molar-refractivity contribution in [1.29, 1.82) is 0 Å². The van der Waals surface area contributed by atoms with Crippen molar-refractivity contribution in [3.63, 3.8) is 0 Å². The van der Waals surface area contributed by atoms with Gasteiger partial charge in [0, 0.05) is 0 Å². The van der Waals surface area contributed by atoms with Crippen LogP contribution in [0.3, 0.4) is 0 Å². The van der Waals surface area contributed by atoms with Crippen LogP contribution in [0.1, 0.15) is 26.3 Å². The van der Waals surface area contributed by atoms with E-state index in [-0.39, 0.29) is 16.0 Å². The molecule has 0 spiro atoms. The molecule has 7 heteroatoms. The molecule has 3 rings (SSSR count). The number of anilines is 1. The third-order valence-electron chi connectivity index (χ3n) is 4.10. The van der Waals surface area contributed by atoms with Gasteiger partial charge in [0.05, 0.1) is 15.3 Å². The molecule has 0 aromatic heterocycles. The molecule has 1 aliphatic heterocycles. The zero-order valence-corrected chi connectivity index (χ0v) is 16.5. The van der Waals surface area contributed by atoms with Crippen molar-refractivity contribution < 1.29 is 13.2 Å². The van der Waals surface area contributed by atoms with E-state index in [1.807, 2.05) is 13.0 Å². The number of para-hydroxylation sites is 1. The minimum Gasteiger partial charge on any atom is -0.272 e. The SMILES string of the molecule is CCc1ccc(S(=O)(=O)N=C2SC(C)(C)C(=O)N2c2ccccc2)cc1. The Hall–Kier alpha value is -2.12. The third-order valence-corrected chi connectivity index (χ3v) is 6.64. The van der Waals surface area contributed by atoms with E-state index in [1.54, 1.807) is 62.4 Å². The number of thioether (sulfide) groups is 1. The van der Waals surface area contributed by atoms with E-state index in [4.69, 9.17) is 0 Å². The zero-order chi connectivity index (χ0) is 18.9. The van der Waals surface area contributed by atoms with Gasteiger partial charge >= 0.3 is 0 Å². The zero-order valence-electron chi connectivity index (χ0n) is 14.8. The van der Waals surface area contributed by atoms with E-state index in [0.29, 0.717) is 5.69 Å². The number of hydrogen-bond donors (Lipinski definition) is 0. The Labute approximate surface area is 158 Å². The Kier molecular flexibility index (Phi) is 4.94. The number of rotatable bonds is 4.